The fraction of sp³-hybridized carbons (Fsp3) is 0.235. The Morgan fingerprint density at radius 3 is 2.62 bits per heavy atom. The van der Waals surface area contributed by atoms with E-state index in [2.05, 4.69) is 10.1 Å². The average Bonchev–Trinajstić information content (AvgIpc) is 2.57. The van der Waals surface area contributed by atoms with Gasteiger partial charge in [0.2, 0.25) is 0 Å². The number of halogens is 1. The van der Waals surface area contributed by atoms with E-state index in [1.54, 1.807) is 31.3 Å². The Balaban J connectivity index is 2.29. The third-order valence-electron chi connectivity index (χ3n) is 3.55. The van der Waals surface area contributed by atoms with Crippen molar-refractivity contribution in [1.82, 2.24) is 9.88 Å². The van der Waals surface area contributed by atoms with Crippen LogP contribution in [0.25, 0.3) is 0 Å². The fourth-order valence-corrected chi connectivity index (χ4v) is 2.45. The Bertz CT molecular complexity index is 816. The molecule has 2 aromatic rings. The first-order valence-electron chi connectivity index (χ1n) is 7.21. The molecule has 1 N–H and O–H groups in total. The van der Waals surface area contributed by atoms with E-state index in [1.165, 1.54) is 30.0 Å². The number of hydrogen-bond acceptors (Lipinski definition) is 4. The zero-order valence-corrected chi connectivity index (χ0v) is 14.0. The molecule has 0 spiro atoms. The molecule has 0 saturated heterocycles. The lowest BCUT2D eigenvalue weighted by molar-refractivity contribution is -0.141. The number of aryl methyl sites for hydroxylation is 1. The summed E-state index contributed by atoms with van der Waals surface area (Å²) in [6.45, 7) is 0. The van der Waals surface area contributed by atoms with Crippen molar-refractivity contribution in [2.75, 3.05) is 7.11 Å². The number of methoxy groups -OCH3 is 1. The molecule has 7 heteroatoms. The maximum atomic E-state index is 12.4. The summed E-state index contributed by atoms with van der Waals surface area (Å²) in [6.07, 6.45) is 1.43. The topological polar surface area (TPSA) is 77.4 Å². The van der Waals surface area contributed by atoms with Crippen molar-refractivity contribution < 1.29 is 14.3 Å². The van der Waals surface area contributed by atoms with Crippen LogP contribution in [0.1, 0.15) is 28.4 Å². The molecule has 1 amide bonds. The number of carbonyl (C=O) groups is 2. The van der Waals surface area contributed by atoms with E-state index in [9.17, 15) is 14.4 Å². The molecule has 6 nitrogen and oxygen atoms in total. The maximum absolute atomic E-state index is 12.4. The quantitative estimate of drug-likeness (QED) is 0.839. The fourth-order valence-electron chi connectivity index (χ4n) is 2.18. The summed E-state index contributed by atoms with van der Waals surface area (Å²) >= 11 is 6.16. The normalized spacial score (nSPS) is 11.6. The lowest BCUT2D eigenvalue weighted by Gasteiger charge is -2.19. The second-order valence-corrected chi connectivity index (χ2v) is 5.60. The number of aromatic nitrogens is 1. The average molecular weight is 349 g/mol. The molecule has 1 atom stereocenters. The van der Waals surface area contributed by atoms with Gasteiger partial charge in [-0.3, -0.25) is 14.4 Å². The summed E-state index contributed by atoms with van der Waals surface area (Å²) in [5.41, 5.74) is 0.506. The number of carbonyl (C=O) groups excluding carboxylic acids is 2. The van der Waals surface area contributed by atoms with E-state index < -0.39 is 17.9 Å². The monoisotopic (exact) mass is 348 g/mol. The second kappa shape index (κ2) is 7.79. The Hall–Kier alpha value is -2.60. The SMILES string of the molecule is COC(=O)CC(NC(=O)c1ccn(C)c(=O)c1)c1ccccc1Cl. The van der Waals surface area contributed by atoms with Gasteiger partial charge in [-0.05, 0) is 17.7 Å². The third-order valence-corrected chi connectivity index (χ3v) is 3.90. The summed E-state index contributed by atoms with van der Waals surface area (Å²) in [5, 5.41) is 3.16. The molecule has 1 aromatic heterocycles. The lowest BCUT2D eigenvalue weighted by atomic mass is 10.0. The van der Waals surface area contributed by atoms with Crippen LogP contribution in [-0.2, 0) is 16.6 Å². The van der Waals surface area contributed by atoms with Crippen molar-refractivity contribution in [1.29, 1.82) is 0 Å². The van der Waals surface area contributed by atoms with Crippen LogP contribution in [0.15, 0.2) is 47.4 Å². The molecule has 0 fully saturated rings. The lowest BCUT2D eigenvalue weighted by Crippen LogP contribution is -2.31. The number of nitrogens with one attached hydrogen (secondary N) is 1. The van der Waals surface area contributed by atoms with Crippen LogP contribution >= 0.6 is 11.6 Å². The highest BCUT2D eigenvalue weighted by molar-refractivity contribution is 6.31. The highest BCUT2D eigenvalue weighted by atomic mass is 35.5. The summed E-state index contributed by atoms with van der Waals surface area (Å²) in [4.78, 5) is 35.7. The molecule has 0 radical (unpaired) electrons. The highest BCUT2D eigenvalue weighted by Crippen LogP contribution is 2.25. The van der Waals surface area contributed by atoms with Gasteiger partial charge in [0.15, 0.2) is 0 Å². The number of rotatable bonds is 5. The van der Waals surface area contributed by atoms with Gasteiger partial charge in [-0.25, -0.2) is 0 Å². The summed E-state index contributed by atoms with van der Waals surface area (Å²) < 4.78 is 6.04. The first-order chi connectivity index (χ1) is 11.4. The Kier molecular flexibility index (Phi) is 5.76. The molecule has 2 rings (SSSR count). The molecule has 24 heavy (non-hydrogen) atoms. The van der Waals surface area contributed by atoms with Crippen molar-refractivity contribution in [2.24, 2.45) is 7.05 Å². The Labute approximate surface area is 144 Å². The van der Waals surface area contributed by atoms with E-state index in [1.807, 2.05) is 0 Å². The number of pyridine rings is 1. The van der Waals surface area contributed by atoms with Crippen molar-refractivity contribution in [3.8, 4) is 0 Å². The molecule has 0 bridgehead atoms. The van der Waals surface area contributed by atoms with Gasteiger partial charge in [0.05, 0.1) is 19.6 Å². The van der Waals surface area contributed by atoms with E-state index in [-0.39, 0.29) is 17.5 Å². The van der Waals surface area contributed by atoms with Crippen molar-refractivity contribution in [2.45, 2.75) is 12.5 Å². The van der Waals surface area contributed by atoms with Crippen LogP contribution in [0.4, 0.5) is 0 Å². The largest absolute Gasteiger partial charge is 0.469 e. The molecular formula is C17H17ClN2O4. The number of esters is 1. The zero-order chi connectivity index (χ0) is 17.7. The van der Waals surface area contributed by atoms with E-state index in [0.29, 0.717) is 10.6 Å². The molecule has 0 aliphatic heterocycles. The van der Waals surface area contributed by atoms with Crippen LogP contribution in [0.5, 0.6) is 0 Å². The molecule has 1 aromatic carbocycles. The van der Waals surface area contributed by atoms with Gasteiger partial charge >= 0.3 is 5.97 Å². The Morgan fingerprint density at radius 2 is 2.00 bits per heavy atom. The van der Waals surface area contributed by atoms with Gasteiger partial charge < -0.3 is 14.6 Å². The van der Waals surface area contributed by atoms with Gasteiger partial charge in [-0.15, -0.1) is 0 Å². The van der Waals surface area contributed by atoms with Crippen molar-refractivity contribution in [3.63, 3.8) is 0 Å². The first kappa shape index (κ1) is 17.7. The molecule has 0 aliphatic rings. The van der Waals surface area contributed by atoms with E-state index >= 15 is 0 Å². The Morgan fingerprint density at radius 1 is 1.29 bits per heavy atom. The number of ether oxygens (including phenoxy) is 1. The molecule has 126 valence electrons. The van der Waals surface area contributed by atoms with Gasteiger partial charge in [-0.1, -0.05) is 29.8 Å². The number of benzene rings is 1. The van der Waals surface area contributed by atoms with Crippen LogP contribution in [0, 0.1) is 0 Å². The zero-order valence-electron chi connectivity index (χ0n) is 13.3. The predicted octanol–water partition coefficient (Wildman–Crippen LogP) is 2.07. The first-order valence-corrected chi connectivity index (χ1v) is 7.59. The molecule has 0 aliphatic carbocycles. The third kappa shape index (κ3) is 4.23. The summed E-state index contributed by atoms with van der Waals surface area (Å²) in [5.74, 6) is -0.953. The van der Waals surface area contributed by atoms with Crippen LogP contribution < -0.4 is 10.9 Å². The van der Waals surface area contributed by atoms with E-state index in [0.717, 1.165) is 0 Å². The number of amides is 1. The second-order valence-electron chi connectivity index (χ2n) is 5.19. The predicted molar refractivity (Wildman–Crippen MR) is 90.0 cm³/mol. The van der Waals surface area contributed by atoms with Crippen molar-refractivity contribution >= 4 is 23.5 Å². The van der Waals surface area contributed by atoms with Crippen LogP contribution in [-0.4, -0.2) is 23.6 Å². The number of hydrogen-bond donors (Lipinski definition) is 1. The standard InChI is InChI=1S/C17H17ClN2O4/c1-20-8-7-11(9-15(20)21)17(23)19-14(10-16(22)24-2)12-5-3-4-6-13(12)18/h3-9,14H,10H2,1-2H3,(H,19,23). The smallest absolute Gasteiger partial charge is 0.307 e. The molecule has 0 saturated carbocycles. The summed E-state index contributed by atoms with van der Waals surface area (Å²) in [7, 11) is 2.86. The molecule has 1 unspecified atom stereocenters. The maximum Gasteiger partial charge on any atom is 0.307 e. The molecular weight excluding hydrogens is 332 g/mol. The van der Waals surface area contributed by atoms with Crippen molar-refractivity contribution in [3.05, 3.63) is 69.1 Å². The van der Waals surface area contributed by atoms with Crippen LogP contribution in [0.2, 0.25) is 5.02 Å². The minimum absolute atomic E-state index is 0.0726. The minimum Gasteiger partial charge on any atom is -0.469 e. The highest BCUT2D eigenvalue weighted by Gasteiger charge is 2.21. The number of nitrogens with zero attached hydrogens (tertiary/aromatic N) is 1. The van der Waals surface area contributed by atoms with Gasteiger partial charge in [0.25, 0.3) is 11.5 Å². The summed E-state index contributed by atoms with van der Waals surface area (Å²) in [6, 6.07) is 9.00. The molecule has 1 heterocycles. The van der Waals surface area contributed by atoms with Gasteiger partial charge in [0.1, 0.15) is 0 Å². The van der Waals surface area contributed by atoms with Gasteiger partial charge in [-0.2, -0.15) is 0 Å². The minimum atomic E-state index is -0.664. The van der Waals surface area contributed by atoms with Gasteiger partial charge in [0, 0.05) is 29.9 Å². The van der Waals surface area contributed by atoms with E-state index in [4.69, 9.17) is 11.6 Å². The van der Waals surface area contributed by atoms with Crippen LogP contribution in [0.3, 0.4) is 0 Å².